The molecule has 0 unspecified atom stereocenters. The van der Waals surface area contributed by atoms with Gasteiger partial charge >= 0.3 is 5.92 Å². The van der Waals surface area contributed by atoms with Gasteiger partial charge in [-0.3, -0.25) is 4.79 Å². The average Bonchev–Trinajstić information content (AvgIpc) is 2.52. The monoisotopic (exact) mass is 326 g/mol. The van der Waals surface area contributed by atoms with Crippen LogP contribution in [0.25, 0.3) is 0 Å². The van der Waals surface area contributed by atoms with E-state index in [1.165, 1.54) is 0 Å². The molecule has 1 aromatic rings. The van der Waals surface area contributed by atoms with E-state index in [0.29, 0.717) is 25.2 Å². The number of carbonyl (C=O) groups excluding carboxylic acids is 1. The lowest BCUT2D eigenvalue weighted by atomic mass is 9.75. The molecule has 1 saturated carbocycles. The van der Waals surface area contributed by atoms with Crippen LogP contribution in [0.2, 0.25) is 0 Å². The van der Waals surface area contributed by atoms with E-state index in [4.69, 9.17) is 0 Å². The average molecular weight is 326 g/mol. The summed E-state index contributed by atoms with van der Waals surface area (Å²) in [4.78, 5) is 15.1. The van der Waals surface area contributed by atoms with Crippen molar-refractivity contribution in [2.24, 2.45) is 0 Å². The summed E-state index contributed by atoms with van der Waals surface area (Å²) in [5, 5.41) is 19.7. The molecule has 0 atom stereocenters. The number of alkyl halides is 2. The predicted octanol–water partition coefficient (Wildman–Crippen LogP) is 1.59. The number of aromatic hydroxyl groups is 1. The molecule has 1 saturated heterocycles. The lowest BCUT2D eigenvalue weighted by Gasteiger charge is -2.44. The third-order valence-electron chi connectivity index (χ3n) is 4.82. The maximum absolute atomic E-state index is 14.2. The molecule has 2 N–H and O–H groups in total. The Morgan fingerprint density at radius 1 is 1.13 bits per heavy atom. The quantitative estimate of drug-likeness (QED) is 0.885. The van der Waals surface area contributed by atoms with Crippen LogP contribution in [0.5, 0.6) is 5.75 Å². The number of rotatable bonds is 3. The van der Waals surface area contributed by atoms with E-state index in [2.05, 4.69) is 0 Å². The van der Waals surface area contributed by atoms with Gasteiger partial charge in [0.05, 0.1) is 5.69 Å². The Morgan fingerprint density at radius 3 is 2.26 bits per heavy atom. The van der Waals surface area contributed by atoms with Crippen LogP contribution in [0.1, 0.15) is 19.3 Å². The van der Waals surface area contributed by atoms with Crippen LogP contribution in [0.15, 0.2) is 24.3 Å². The second-order valence-electron chi connectivity index (χ2n) is 6.23. The number of para-hydroxylation sites is 2. The molecular weight excluding hydrogens is 306 g/mol. The van der Waals surface area contributed by atoms with Crippen LogP contribution in [0.4, 0.5) is 14.5 Å². The zero-order valence-electron chi connectivity index (χ0n) is 12.7. The summed E-state index contributed by atoms with van der Waals surface area (Å²) in [5.41, 5.74) is -1.55. The van der Waals surface area contributed by atoms with Gasteiger partial charge in [0.2, 0.25) is 0 Å². The van der Waals surface area contributed by atoms with Crippen LogP contribution in [-0.2, 0) is 4.79 Å². The van der Waals surface area contributed by atoms with E-state index in [9.17, 15) is 23.8 Å². The van der Waals surface area contributed by atoms with Crippen molar-refractivity contribution in [3.8, 4) is 5.75 Å². The number of phenolic OH excluding ortho intramolecular Hbond substituents is 1. The van der Waals surface area contributed by atoms with Crippen molar-refractivity contribution in [1.82, 2.24) is 4.90 Å². The minimum absolute atomic E-state index is 0.0381. The molecule has 1 aliphatic heterocycles. The Bertz CT molecular complexity index is 597. The second-order valence-corrected chi connectivity index (χ2v) is 6.23. The van der Waals surface area contributed by atoms with E-state index in [-0.39, 0.29) is 31.7 Å². The maximum atomic E-state index is 14.2. The predicted molar refractivity (Wildman–Crippen MR) is 80.6 cm³/mol. The summed E-state index contributed by atoms with van der Waals surface area (Å²) in [6.45, 7) is 0.993. The summed E-state index contributed by atoms with van der Waals surface area (Å²) in [6.07, 6.45) is 0.438. The second kappa shape index (κ2) is 5.63. The smallest absolute Gasteiger partial charge is 0.352 e. The highest BCUT2D eigenvalue weighted by Gasteiger charge is 2.62. The van der Waals surface area contributed by atoms with E-state index < -0.39 is 17.4 Å². The maximum Gasteiger partial charge on any atom is 0.352 e. The van der Waals surface area contributed by atoms with Gasteiger partial charge in [0.1, 0.15) is 11.4 Å². The van der Waals surface area contributed by atoms with Gasteiger partial charge in [0.25, 0.3) is 5.91 Å². The third kappa shape index (κ3) is 2.63. The molecule has 2 fully saturated rings. The zero-order chi connectivity index (χ0) is 16.7. The van der Waals surface area contributed by atoms with E-state index >= 15 is 0 Å². The number of piperazine rings is 1. The molecule has 0 radical (unpaired) electrons. The molecule has 1 aromatic carbocycles. The Kier molecular flexibility index (Phi) is 3.91. The van der Waals surface area contributed by atoms with Gasteiger partial charge in [-0.2, -0.15) is 8.78 Å². The van der Waals surface area contributed by atoms with E-state index in [0.717, 1.165) is 4.90 Å². The summed E-state index contributed by atoms with van der Waals surface area (Å²) >= 11 is 0. The molecule has 1 amide bonds. The first kappa shape index (κ1) is 16.0. The Balaban J connectivity index is 1.65. The minimum Gasteiger partial charge on any atom is -0.506 e. The first-order valence-corrected chi connectivity index (χ1v) is 7.78. The highest BCUT2D eigenvalue weighted by molar-refractivity contribution is 5.85. The molecule has 5 nitrogen and oxygen atoms in total. The standard InChI is InChI=1S/C16H20F2N2O3/c17-16(18,15(23)6-3-7-15)14(22)20-10-8-19(9-11-20)12-4-1-2-5-13(12)21/h1-2,4-5,21,23H,3,6-11H2. The first-order chi connectivity index (χ1) is 10.8. The van der Waals surface area contributed by atoms with Crippen LogP contribution >= 0.6 is 0 Å². The molecular formula is C16H20F2N2O3. The number of benzene rings is 1. The first-order valence-electron chi connectivity index (χ1n) is 7.78. The molecule has 126 valence electrons. The van der Waals surface area contributed by atoms with Gasteiger partial charge in [-0.05, 0) is 31.4 Å². The Labute approximate surface area is 133 Å². The van der Waals surface area contributed by atoms with Crippen LogP contribution in [0.3, 0.4) is 0 Å². The number of hydrogen-bond donors (Lipinski definition) is 2. The van der Waals surface area contributed by atoms with Crippen LogP contribution < -0.4 is 4.90 Å². The largest absolute Gasteiger partial charge is 0.506 e. The number of nitrogens with zero attached hydrogens (tertiary/aromatic N) is 2. The minimum atomic E-state index is -3.73. The van der Waals surface area contributed by atoms with Crippen molar-refractivity contribution < 1.29 is 23.8 Å². The van der Waals surface area contributed by atoms with Gasteiger partial charge in [0, 0.05) is 26.2 Å². The van der Waals surface area contributed by atoms with Gasteiger partial charge in [-0.15, -0.1) is 0 Å². The van der Waals surface area contributed by atoms with Gasteiger partial charge in [-0.25, -0.2) is 0 Å². The Morgan fingerprint density at radius 2 is 1.74 bits per heavy atom. The molecule has 0 bridgehead atoms. The number of carbonyl (C=O) groups is 1. The van der Waals surface area contributed by atoms with Crippen molar-refractivity contribution in [1.29, 1.82) is 0 Å². The van der Waals surface area contributed by atoms with Gasteiger partial charge < -0.3 is 20.0 Å². The molecule has 3 rings (SSSR count). The molecule has 1 heterocycles. The molecule has 1 aliphatic carbocycles. The summed E-state index contributed by atoms with van der Waals surface area (Å²) in [5.74, 6) is -4.90. The molecule has 2 aliphatic rings. The SMILES string of the molecule is O=C(N1CCN(c2ccccc2O)CC1)C(F)(F)C1(O)CCC1. The highest BCUT2D eigenvalue weighted by atomic mass is 19.3. The van der Waals surface area contributed by atoms with Crippen molar-refractivity contribution >= 4 is 11.6 Å². The van der Waals surface area contributed by atoms with Gasteiger partial charge in [-0.1, -0.05) is 12.1 Å². The summed E-state index contributed by atoms with van der Waals surface area (Å²) in [7, 11) is 0. The van der Waals surface area contributed by atoms with Gasteiger partial charge in [0.15, 0.2) is 0 Å². The van der Waals surface area contributed by atoms with Crippen molar-refractivity contribution in [2.45, 2.75) is 30.8 Å². The van der Waals surface area contributed by atoms with E-state index in [1.807, 2.05) is 4.90 Å². The number of hydrogen-bond acceptors (Lipinski definition) is 4. The number of phenols is 1. The lowest BCUT2D eigenvalue weighted by Crippen LogP contribution is -2.63. The third-order valence-corrected chi connectivity index (χ3v) is 4.82. The summed E-state index contributed by atoms with van der Waals surface area (Å²) < 4.78 is 28.4. The number of halogens is 2. The molecule has 0 spiro atoms. The van der Waals surface area contributed by atoms with E-state index in [1.54, 1.807) is 24.3 Å². The van der Waals surface area contributed by atoms with Crippen LogP contribution in [0, 0.1) is 0 Å². The number of amides is 1. The fourth-order valence-corrected chi connectivity index (χ4v) is 3.11. The van der Waals surface area contributed by atoms with Crippen molar-refractivity contribution in [3.63, 3.8) is 0 Å². The van der Waals surface area contributed by atoms with Crippen molar-refractivity contribution in [3.05, 3.63) is 24.3 Å². The Hall–Kier alpha value is -1.89. The lowest BCUT2D eigenvalue weighted by molar-refractivity contribution is -0.223. The molecule has 7 heteroatoms. The highest BCUT2D eigenvalue weighted by Crippen LogP contribution is 2.45. The fourth-order valence-electron chi connectivity index (χ4n) is 3.11. The summed E-state index contributed by atoms with van der Waals surface area (Å²) in [6, 6.07) is 6.80. The fraction of sp³-hybridized carbons (Fsp3) is 0.562. The number of aliphatic hydroxyl groups is 1. The molecule has 0 aromatic heterocycles. The zero-order valence-corrected chi connectivity index (χ0v) is 12.7. The van der Waals surface area contributed by atoms with Crippen molar-refractivity contribution in [2.75, 3.05) is 31.1 Å². The van der Waals surface area contributed by atoms with Crippen LogP contribution in [-0.4, -0.2) is 58.7 Å². The number of anilines is 1. The normalized spacial score (nSPS) is 21.0. The molecule has 23 heavy (non-hydrogen) atoms. The topological polar surface area (TPSA) is 64.0 Å².